The minimum atomic E-state index is -0.195. The third-order valence-corrected chi connectivity index (χ3v) is 4.39. The first kappa shape index (κ1) is 14.6. The summed E-state index contributed by atoms with van der Waals surface area (Å²) in [4.78, 5) is 12.4. The van der Waals surface area contributed by atoms with Crippen LogP contribution < -0.4 is 11.1 Å². The van der Waals surface area contributed by atoms with E-state index in [1.54, 1.807) is 12.1 Å². The average molecular weight is 412 g/mol. The molecule has 1 amide bonds. The van der Waals surface area contributed by atoms with Crippen molar-refractivity contribution in [3.63, 3.8) is 0 Å². The normalized spacial score (nSPS) is 13.0. The maximum atomic E-state index is 12.4. The zero-order valence-corrected chi connectivity index (χ0v) is 14.1. The van der Waals surface area contributed by atoms with Gasteiger partial charge in [0, 0.05) is 14.5 Å². The molecular formula is C15H12Br2N2O2. The number of amides is 1. The molecule has 0 spiro atoms. The monoisotopic (exact) mass is 410 g/mol. The van der Waals surface area contributed by atoms with Gasteiger partial charge >= 0.3 is 0 Å². The van der Waals surface area contributed by atoms with Crippen LogP contribution in [0.15, 0.2) is 39.3 Å². The number of ether oxygens (including phenoxy) is 1. The second kappa shape index (κ2) is 5.79. The first-order valence-electron chi connectivity index (χ1n) is 6.30. The quantitative estimate of drug-likeness (QED) is 0.732. The van der Waals surface area contributed by atoms with Crippen molar-refractivity contribution in [3.8, 4) is 0 Å². The van der Waals surface area contributed by atoms with Crippen LogP contribution in [0, 0.1) is 0 Å². The second-order valence-corrected chi connectivity index (χ2v) is 6.55. The highest BCUT2D eigenvalue weighted by Crippen LogP contribution is 2.33. The lowest BCUT2D eigenvalue weighted by Crippen LogP contribution is -2.14. The Hall–Kier alpha value is -1.37. The maximum absolute atomic E-state index is 12.4. The van der Waals surface area contributed by atoms with Crippen molar-refractivity contribution < 1.29 is 9.53 Å². The summed E-state index contributed by atoms with van der Waals surface area (Å²) in [6.45, 7) is 1.17. The van der Waals surface area contributed by atoms with Gasteiger partial charge in [0.1, 0.15) is 0 Å². The van der Waals surface area contributed by atoms with Crippen LogP contribution in [0.25, 0.3) is 0 Å². The Morgan fingerprint density at radius 1 is 1.14 bits per heavy atom. The SMILES string of the molecule is Nc1cc(Br)cc(Br)c1NC(=O)c1ccc2c(c1)COC2. The topological polar surface area (TPSA) is 64.3 Å². The fourth-order valence-corrected chi connectivity index (χ4v) is 3.58. The van der Waals surface area contributed by atoms with E-state index in [1.807, 2.05) is 18.2 Å². The van der Waals surface area contributed by atoms with Gasteiger partial charge in [-0.1, -0.05) is 22.0 Å². The van der Waals surface area contributed by atoms with E-state index in [9.17, 15) is 4.79 Å². The predicted molar refractivity (Wildman–Crippen MR) is 89.1 cm³/mol. The van der Waals surface area contributed by atoms with Gasteiger partial charge in [-0.3, -0.25) is 4.79 Å². The molecule has 0 fully saturated rings. The van der Waals surface area contributed by atoms with E-state index < -0.39 is 0 Å². The highest BCUT2D eigenvalue weighted by molar-refractivity contribution is 9.11. The van der Waals surface area contributed by atoms with Crippen molar-refractivity contribution in [3.05, 3.63) is 56.0 Å². The van der Waals surface area contributed by atoms with Gasteiger partial charge < -0.3 is 15.8 Å². The number of fused-ring (bicyclic) bond motifs is 1. The lowest BCUT2D eigenvalue weighted by molar-refractivity contribution is 0.102. The molecule has 0 atom stereocenters. The first-order valence-corrected chi connectivity index (χ1v) is 7.88. The average Bonchev–Trinajstić information content (AvgIpc) is 2.89. The first-order chi connectivity index (χ1) is 10.0. The van der Waals surface area contributed by atoms with Crippen molar-refractivity contribution in [2.45, 2.75) is 13.2 Å². The number of nitrogens with one attached hydrogen (secondary N) is 1. The number of rotatable bonds is 2. The van der Waals surface area contributed by atoms with Gasteiger partial charge in [-0.15, -0.1) is 0 Å². The molecule has 3 rings (SSSR count). The summed E-state index contributed by atoms with van der Waals surface area (Å²) < 4.78 is 6.93. The molecule has 0 saturated carbocycles. The van der Waals surface area contributed by atoms with E-state index in [2.05, 4.69) is 37.2 Å². The Kier molecular flexibility index (Phi) is 4.01. The van der Waals surface area contributed by atoms with E-state index in [0.717, 1.165) is 20.1 Å². The fourth-order valence-electron chi connectivity index (χ4n) is 2.22. The molecule has 0 bridgehead atoms. The van der Waals surface area contributed by atoms with Crippen LogP contribution in [0.1, 0.15) is 21.5 Å². The van der Waals surface area contributed by atoms with Crippen molar-refractivity contribution in [2.75, 3.05) is 11.1 Å². The molecule has 0 aromatic heterocycles. The molecule has 0 saturated heterocycles. The minimum absolute atomic E-state index is 0.195. The van der Waals surface area contributed by atoms with E-state index in [1.165, 1.54) is 0 Å². The summed E-state index contributed by atoms with van der Waals surface area (Å²) >= 11 is 6.76. The smallest absolute Gasteiger partial charge is 0.255 e. The van der Waals surface area contributed by atoms with Crippen LogP contribution in [-0.2, 0) is 18.0 Å². The van der Waals surface area contributed by atoms with Crippen LogP contribution in [0.5, 0.6) is 0 Å². The zero-order valence-electron chi connectivity index (χ0n) is 11.0. The fraction of sp³-hybridized carbons (Fsp3) is 0.133. The van der Waals surface area contributed by atoms with Gasteiger partial charge in [0.2, 0.25) is 0 Å². The number of hydrogen-bond acceptors (Lipinski definition) is 3. The number of halogens is 2. The van der Waals surface area contributed by atoms with Crippen molar-refractivity contribution >= 4 is 49.1 Å². The molecule has 1 aliphatic rings. The Labute approximate surface area is 138 Å². The van der Waals surface area contributed by atoms with E-state index in [-0.39, 0.29) is 5.91 Å². The Balaban J connectivity index is 1.87. The number of carbonyl (C=O) groups excluding carboxylic acids is 1. The maximum Gasteiger partial charge on any atom is 0.255 e. The van der Waals surface area contributed by atoms with Crippen LogP contribution in [0.2, 0.25) is 0 Å². The molecule has 2 aromatic rings. The molecule has 108 valence electrons. The van der Waals surface area contributed by atoms with Crippen LogP contribution >= 0.6 is 31.9 Å². The number of carbonyl (C=O) groups is 1. The summed E-state index contributed by atoms with van der Waals surface area (Å²) in [6.07, 6.45) is 0. The highest BCUT2D eigenvalue weighted by Gasteiger charge is 2.16. The summed E-state index contributed by atoms with van der Waals surface area (Å²) in [5.41, 5.74) is 9.79. The molecule has 6 heteroatoms. The lowest BCUT2D eigenvalue weighted by atomic mass is 10.1. The number of nitrogens with two attached hydrogens (primary N) is 1. The van der Waals surface area contributed by atoms with Crippen molar-refractivity contribution in [1.29, 1.82) is 0 Å². The molecule has 0 unspecified atom stereocenters. The molecule has 4 nitrogen and oxygen atoms in total. The molecule has 0 radical (unpaired) electrons. The third kappa shape index (κ3) is 2.97. The lowest BCUT2D eigenvalue weighted by Gasteiger charge is -2.11. The molecule has 0 aliphatic carbocycles. The summed E-state index contributed by atoms with van der Waals surface area (Å²) in [7, 11) is 0. The second-order valence-electron chi connectivity index (χ2n) is 4.78. The number of hydrogen-bond donors (Lipinski definition) is 2. The summed E-state index contributed by atoms with van der Waals surface area (Å²) in [6, 6.07) is 9.17. The van der Waals surface area contributed by atoms with Crippen molar-refractivity contribution in [1.82, 2.24) is 0 Å². The predicted octanol–water partition coefficient (Wildman–Crippen LogP) is 4.08. The van der Waals surface area contributed by atoms with Gasteiger partial charge in [0.05, 0.1) is 24.6 Å². The Morgan fingerprint density at radius 3 is 2.67 bits per heavy atom. The molecule has 21 heavy (non-hydrogen) atoms. The molecule has 1 heterocycles. The zero-order chi connectivity index (χ0) is 15.0. The highest BCUT2D eigenvalue weighted by atomic mass is 79.9. The Morgan fingerprint density at radius 2 is 1.90 bits per heavy atom. The number of anilines is 2. The standard InChI is InChI=1S/C15H12Br2N2O2/c16-11-4-12(17)14(13(18)5-11)19-15(20)8-1-2-9-6-21-7-10(9)3-8/h1-5H,6-7,18H2,(H,19,20). The summed E-state index contributed by atoms with van der Waals surface area (Å²) in [5, 5.41) is 2.84. The number of benzene rings is 2. The van der Waals surface area contributed by atoms with E-state index >= 15 is 0 Å². The van der Waals surface area contributed by atoms with Crippen molar-refractivity contribution in [2.24, 2.45) is 0 Å². The summed E-state index contributed by atoms with van der Waals surface area (Å²) in [5.74, 6) is -0.195. The van der Waals surface area contributed by atoms with E-state index in [0.29, 0.717) is 30.2 Å². The van der Waals surface area contributed by atoms with Crippen LogP contribution in [0.4, 0.5) is 11.4 Å². The molecule has 3 N–H and O–H groups in total. The van der Waals surface area contributed by atoms with Gasteiger partial charge in [-0.25, -0.2) is 0 Å². The van der Waals surface area contributed by atoms with Crippen LogP contribution in [-0.4, -0.2) is 5.91 Å². The van der Waals surface area contributed by atoms with Gasteiger partial charge in [-0.05, 0) is 51.3 Å². The van der Waals surface area contributed by atoms with E-state index in [4.69, 9.17) is 10.5 Å². The van der Waals surface area contributed by atoms with Crippen LogP contribution in [0.3, 0.4) is 0 Å². The molecule has 2 aromatic carbocycles. The molecule has 1 aliphatic heterocycles. The van der Waals surface area contributed by atoms with Gasteiger partial charge in [-0.2, -0.15) is 0 Å². The van der Waals surface area contributed by atoms with Gasteiger partial charge in [0.25, 0.3) is 5.91 Å². The largest absolute Gasteiger partial charge is 0.397 e. The third-order valence-electron chi connectivity index (χ3n) is 3.31. The van der Waals surface area contributed by atoms with Gasteiger partial charge in [0.15, 0.2) is 0 Å². The number of nitrogen functional groups attached to an aromatic ring is 1. The minimum Gasteiger partial charge on any atom is -0.397 e. The molecular weight excluding hydrogens is 400 g/mol. The Bertz CT molecular complexity index is 709.